The fourth-order valence-corrected chi connectivity index (χ4v) is 6.18. The molecule has 3 amide bonds. The molecule has 3 aliphatic heterocycles. The van der Waals surface area contributed by atoms with Gasteiger partial charge in [-0.15, -0.1) is 0 Å². The summed E-state index contributed by atoms with van der Waals surface area (Å²) in [5.74, 6) is -0.851. The fraction of sp³-hybridized carbons (Fsp3) is 0.743. The number of aliphatic hydroxyl groups is 9. The molecule has 330 valence electrons. The number of aliphatic hydroxyl groups excluding tert-OH is 9. The van der Waals surface area contributed by atoms with Gasteiger partial charge in [0.2, 0.25) is 5.91 Å². The predicted octanol–water partition coefficient (Wildman–Crippen LogP) is -4.97. The lowest BCUT2D eigenvalue weighted by Gasteiger charge is -2.48. The van der Waals surface area contributed by atoms with Crippen LogP contribution in [-0.2, 0) is 49.3 Å². The summed E-state index contributed by atoms with van der Waals surface area (Å²) >= 11 is 0. The van der Waals surface area contributed by atoms with Gasteiger partial charge in [0.25, 0.3) is 0 Å². The molecule has 23 nitrogen and oxygen atoms in total. The molecule has 3 fully saturated rings. The van der Waals surface area contributed by atoms with Crippen LogP contribution in [0.15, 0.2) is 30.3 Å². The van der Waals surface area contributed by atoms with Gasteiger partial charge < -0.3 is 99.8 Å². The standard InChI is InChI=1S/C35H55N3O20/c1-35(2,3)58-34(50)37-11-20(42)38-21-17(12-39)53-31(25(46)23(21)44)57-29-22(43)18(13-40)54-32(27(29)48)56-28-19(14-41)55-30(26(47)24(28)45)51-10-9-36-33(49)52-15-16-7-5-4-6-8-16/h4-8,17-19,21-32,39-41,43-48H,9-15H2,1-3H3,(H,36,49)(H,37,50)(H,38,42)/t17-,18-,19-,21-,22+,23+,24-,25-,26-,27-,28-,29+,30-,31+,32+/m1/s1. The zero-order valence-electron chi connectivity index (χ0n) is 32.0. The summed E-state index contributed by atoms with van der Waals surface area (Å²) in [6, 6.07) is 7.49. The van der Waals surface area contributed by atoms with Crippen molar-refractivity contribution in [3.05, 3.63) is 35.9 Å². The van der Waals surface area contributed by atoms with Gasteiger partial charge in [0, 0.05) is 6.54 Å². The van der Waals surface area contributed by atoms with Crippen molar-refractivity contribution in [3.63, 3.8) is 0 Å². The second kappa shape index (κ2) is 21.8. The quantitative estimate of drug-likeness (QED) is 0.0694. The Kier molecular flexibility index (Phi) is 17.7. The zero-order chi connectivity index (χ0) is 42.7. The first-order valence-corrected chi connectivity index (χ1v) is 18.5. The average Bonchev–Trinajstić information content (AvgIpc) is 3.19. The normalized spacial score (nSPS) is 35.4. The second-order valence-corrected chi connectivity index (χ2v) is 14.6. The summed E-state index contributed by atoms with van der Waals surface area (Å²) in [5, 5.41) is 103. The first kappa shape index (κ1) is 47.3. The van der Waals surface area contributed by atoms with Crippen LogP contribution in [0.1, 0.15) is 26.3 Å². The molecule has 12 N–H and O–H groups in total. The molecule has 0 spiro atoms. The number of ether oxygens (including phenoxy) is 8. The summed E-state index contributed by atoms with van der Waals surface area (Å²) < 4.78 is 43.7. The highest BCUT2D eigenvalue weighted by Crippen LogP contribution is 2.33. The number of nitrogens with one attached hydrogen (secondary N) is 3. The molecule has 0 aromatic heterocycles. The van der Waals surface area contributed by atoms with Gasteiger partial charge in [-0.1, -0.05) is 30.3 Å². The third kappa shape index (κ3) is 12.8. The van der Waals surface area contributed by atoms with E-state index in [1.165, 1.54) is 0 Å². The van der Waals surface area contributed by atoms with Crippen molar-refractivity contribution in [2.24, 2.45) is 0 Å². The number of benzene rings is 1. The van der Waals surface area contributed by atoms with Gasteiger partial charge >= 0.3 is 12.2 Å². The first-order valence-electron chi connectivity index (χ1n) is 18.5. The topological polar surface area (TPSA) is 343 Å². The van der Waals surface area contributed by atoms with E-state index in [0.29, 0.717) is 0 Å². The SMILES string of the molecule is CC(C)(C)OC(=O)NCC(=O)N[C@H]1[C@H](O)[C@@H](O)[C@H](O[C@H]2[C@@H](O)[C@@H](CO)O[C@@H](O[C@H]3[C@H](O)[C@@H](O)[C@H](OCCNC(=O)OCc4ccccc4)O[C@@H]3CO)[C@@H]2O)O[C@@H]1CO. The number of hydrogen-bond donors (Lipinski definition) is 12. The predicted molar refractivity (Wildman–Crippen MR) is 190 cm³/mol. The fourth-order valence-electron chi connectivity index (χ4n) is 6.18. The Hall–Kier alpha value is -3.37. The van der Waals surface area contributed by atoms with E-state index < -0.39 is 142 Å². The molecular formula is C35H55N3O20. The van der Waals surface area contributed by atoms with Gasteiger partial charge in [0.1, 0.15) is 85.9 Å². The van der Waals surface area contributed by atoms with E-state index in [0.717, 1.165) is 5.56 Å². The van der Waals surface area contributed by atoms with E-state index in [2.05, 4.69) is 16.0 Å². The van der Waals surface area contributed by atoms with Crippen LogP contribution in [0.4, 0.5) is 9.59 Å². The van der Waals surface area contributed by atoms with Crippen LogP contribution < -0.4 is 16.0 Å². The zero-order valence-corrected chi connectivity index (χ0v) is 32.0. The van der Waals surface area contributed by atoms with E-state index >= 15 is 0 Å². The van der Waals surface area contributed by atoms with Crippen LogP contribution in [0.2, 0.25) is 0 Å². The second-order valence-electron chi connectivity index (χ2n) is 14.6. The Morgan fingerprint density at radius 2 is 1.26 bits per heavy atom. The van der Waals surface area contributed by atoms with Crippen molar-refractivity contribution >= 4 is 18.1 Å². The number of alkyl carbamates (subject to hydrolysis) is 2. The van der Waals surface area contributed by atoms with Gasteiger partial charge in [0.05, 0.1) is 32.5 Å². The maximum Gasteiger partial charge on any atom is 0.408 e. The highest BCUT2D eigenvalue weighted by molar-refractivity contribution is 5.82. The van der Waals surface area contributed by atoms with Crippen molar-refractivity contribution in [1.29, 1.82) is 0 Å². The molecule has 1 aromatic rings. The van der Waals surface area contributed by atoms with Crippen molar-refractivity contribution in [3.8, 4) is 0 Å². The van der Waals surface area contributed by atoms with E-state index in [1.807, 2.05) is 6.07 Å². The molecule has 3 saturated heterocycles. The Morgan fingerprint density at radius 1 is 0.672 bits per heavy atom. The molecular weight excluding hydrogens is 782 g/mol. The van der Waals surface area contributed by atoms with E-state index in [1.54, 1.807) is 45.0 Å². The van der Waals surface area contributed by atoms with Gasteiger partial charge in [-0.05, 0) is 26.3 Å². The van der Waals surface area contributed by atoms with Crippen LogP contribution >= 0.6 is 0 Å². The largest absolute Gasteiger partial charge is 0.445 e. The van der Waals surface area contributed by atoms with E-state index in [-0.39, 0.29) is 19.8 Å². The molecule has 1 aromatic carbocycles. The minimum atomic E-state index is -2.01. The van der Waals surface area contributed by atoms with Crippen LogP contribution in [0.3, 0.4) is 0 Å². The van der Waals surface area contributed by atoms with E-state index in [4.69, 9.17) is 37.9 Å². The van der Waals surface area contributed by atoms with Crippen molar-refractivity contribution in [2.45, 2.75) is 125 Å². The number of carbonyl (C=O) groups excluding carboxylic acids is 3. The summed E-state index contributed by atoms with van der Waals surface area (Å²) in [7, 11) is 0. The van der Waals surface area contributed by atoms with Crippen LogP contribution in [0.5, 0.6) is 0 Å². The molecule has 3 aliphatic rings. The average molecular weight is 838 g/mol. The third-order valence-corrected chi connectivity index (χ3v) is 9.10. The van der Waals surface area contributed by atoms with Crippen molar-refractivity contribution < 1.29 is 98.2 Å². The molecule has 58 heavy (non-hydrogen) atoms. The number of carbonyl (C=O) groups is 3. The van der Waals surface area contributed by atoms with Gasteiger partial charge in [-0.2, -0.15) is 0 Å². The summed E-state index contributed by atoms with van der Waals surface area (Å²) in [4.78, 5) is 36.5. The van der Waals surface area contributed by atoms with Gasteiger partial charge in [-0.3, -0.25) is 4.79 Å². The minimum absolute atomic E-state index is 0.0260. The smallest absolute Gasteiger partial charge is 0.408 e. The van der Waals surface area contributed by atoms with Crippen molar-refractivity contribution in [2.75, 3.05) is 39.5 Å². The van der Waals surface area contributed by atoms with Crippen LogP contribution in [-0.4, -0.2) is 201 Å². The Balaban J connectivity index is 1.33. The number of hydrogen-bond acceptors (Lipinski definition) is 20. The molecule has 0 radical (unpaired) electrons. The Morgan fingerprint density at radius 3 is 1.90 bits per heavy atom. The third-order valence-electron chi connectivity index (χ3n) is 9.10. The minimum Gasteiger partial charge on any atom is -0.445 e. The lowest BCUT2D eigenvalue weighted by atomic mass is 9.95. The lowest BCUT2D eigenvalue weighted by molar-refractivity contribution is -0.377. The molecule has 4 rings (SSSR count). The van der Waals surface area contributed by atoms with Gasteiger partial charge in [0.15, 0.2) is 18.9 Å². The molecule has 15 atom stereocenters. The summed E-state index contributed by atoms with van der Waals surface area (Å²) in [6.07, 6.45) is -26.2. The Labute approximate surface area is 332 Å². The van der Waals surface area contributed by atoms with E-state index in [9.17, 15) is 60.3 Å². The number of rotatable bonds is 16. The van der Waals surface area contributed by atoms with Gasteiger partial charge in [-0.25, -0.2) is 9.59 Å². The summed E-state index contributed by atoms with van der Waals surface area (Å²) in [6.45, 7) is 1.41. The number of amides is 3. The van der Waals surface area contributed by atoms with Crippen LogP contribution in [0.25, 0.3) is 0 Å². The van der Waals surface area contributed by atoms with Crippen molar-refractivity contribution in [1.82, 2.24) is 16.0 Å². The first-order chi connectivity index (χ1) is 27.5. The molecule has 3 heterocycles. The Bertz CT molecular complexity index is 1440. The lowest BCUT2D eigenvalue weighted by Crippen LogP contribution is -2.68. The molecule has 23 heteroatoms. The highest BCUT2D eigenvalue weighted by Gasteiger charge is 2.54. The molecule has 0 aliphatic carbocycles. The highest BCUT2D eigenvalue weighted by atomic mass is 16.8. The maximum absolute atomic E-state index is 12.6. The summed E-state index contributed by atoms with van der Waals surface area (Å²) in [5.41, 5.74) is -0.0766. The maximum atomic E-state index is 12.6. The monoisotopic (exact) mass is 837 g/mol. The molecule has 0 unspecified atom stereocenters. The molecule has 0 bridgehead atoms. The molecule has 0 saturated carbocycles. The van der Waals surface area contributed by atoms with Crippen LogP contribution in [0, 0.1) is 0 Å².